The van der Waals surface area contributed by atoms with E-state index in [0.717, 1.165) is 11.3 Å². The van der Waals surface area contributed by atoms with Crippen LogP contribution in [0.5, 0.6) is 11.5 Å². The molecule has 3 aromatic rings. The van der Waals surface area contributed by atoms with Crippen LogP contribution in [0.1, 0.15) is 15.9 Å². The zero-order valence-electron chi connectivity index (χ0n) is 16.5. The van der Waals surface area contributed by atoms with E-state index in [0.29, 0.717) is 5.56 Å². The summed E-state index contributed by atoms with van der Waals surface area (Å²) in [5.41, 5.74) is 2.88. The Hall–Kier alpha value is -3.51. The van der Waals surface area contributed by atoms with E-state index in [1.165, 1.54) is 49.7 Å². The minimum absolute atomic E-state index is 0.0584. The summed E-state index contributed by atoms with van der Waals surface area (Å²) in [5, 5.41) is 5.46. The van der Waals surface area contributed by atoms with E-state index in [1.54, 1.807) is 23.6 Å². The number of para-hydroxylation sites is 1. The van der Waals surface area contributed by atoms with Crippen LogP contribution in [-0.2, 0) is 10.0 Å². The number of sulfonamides is 1. The second-order valence-corrected chi connectivity index (χ2v) is 8.93. The lowest BCUT2D eigenvalue weighted by atomic mass is 10.2. The summed E-state index contributed by atoms with van der Waals surface area (Å²) in [6.07, 6.45) is 1.27. The van der Waals surface area contributed by atoms with Crippen molar-refractivity contribution in [1.82, 2.24) is 5.43 Å². The fraction of sp³-hybridized carbons (Fsp3) is 0.100. The summed E-state index contributed by atoms with van der Waals surface area (Å²) in [6, 6.07) is 13.2. The molecule has 0 atom stereocenters. The van der Waals surface area contributed by atoms with Crippen LogP contribution < -0.4 is 19.6 Å². The second kappa shape index (κ2) is 10.2. The van der Waals surface area contributed by atoms with E-state index in [9.17, 15) is 22.0 Å². The predicted octanol–water partition coefficient (Wildman–Crippen LogP) is 3.92. The molecule has 2 aromatic carbocycles. The first-order chi connectivity index (χ1) is 15.3. The third-order valence-corrected chi connectivity index (χ3v) is 6.72. The Morgan fingerprint density at radius 1 is 1.12 bits per heavy atom. The summed E-state index contributed by atoms with van der Waals surface area (Å²) < 4.78 is 61.6. The summed E-state index contributed by atoms with van der Waals surface area (Å²) in [5.74, 6) is -0.736. The molecule has 1 heterocycles. The van der Waals surface area contributed by atoms with Crippen molar-refractivity contribution in [1.29, 1.82) is 0 Å². The number of carbonyl (C=O) groups is 1. The van der Waals surface area contributed by atoms with Gasteiger partial charge in [0.25, 0.3) is 15.9 Å². The molecule has 1 amide bonds. The van der Waals surface area contributed by atoms with Crippen molar-refractivity contribution in [2.45, 2.75) is 10.8 Å². The fourth-order valence-electron chi connectivity index (χ4n) is 2.57. The first kappa shape index (κ1) is 23.2. The van der Waals surface area contributed by atoms with Crippen molar-refractivity contribution >= 4 is 39.2 Å². The highest BCUT2D eigenvalue weighted by Crippen LogP contribution is 2.29. The number of amides is 1. The first-order valence-electron chi connectivity index (χ1n) is 8.92. The van der Waals surface area contributed by atoms with Gasteiger partial charge in [0.15, 0.2) is 11.5 Å². The lowest BCUT2D eigenvalue weighted by Gasteiger charge is -2.11. The molecule has 0 radical (unpaired) electrons. The van der Waals surface area contributed by atoms with Crippen LogP contribution >= 0.6 is 11.3 Å². The highest BCUT2D eigenvalue weighted by Gasteiger charge is 2.19. The molecular formula is C20H17F2N3O5S2. The van der Waals surface area contributed by atoms with Crippen LogP contribution in [0.4, 0.5) is 14.5 Å². The van der Waals surface area contributed by atoms with Gasteiger partial charge in [-0.15, -0.1) is 11.3 Å². The lowest BCUT2D eigenvalue weighted by molar-refractivity contribution is -0.0512. The van der Waals surface area contributed by atoms with Gasteiger partial charge < -0.3 is 9.47 Å². The maximum atomic E-state index is 12.5. The molecule has 0 saturated heterocycles. The number of anilines is 1. The van der Waals surface area contributed by atoms with Crippen molar-refractivity contribution in [3.05, 3.63) is 71.1 Å². The van der Waals surface area contributed by atoms with E-state index in [-0.39, 0.29) is 27.0 Å². The summed E-state index contributed by atoms with van der Waals surface area (Å²) in [7, 11) is -2.54. The fourth-order valence-corrected chi connectivity index (χ4v) is 4.64. The van der Waals surface area contributed by atoms with Crippen LogP contribution in [0.25, 0.3) is 0 Å². The van der Waals surface area contributed by atoms with Gasteiger partial charge in [-0.1, -0.05) is 18.2 Å². The van der Waals surface area contributed by atoms with Crippen molar-refractivity contribution < 1.29 is 31.5 Å². The van der Waals surface area contributed by atoms with Gasteiger partial charge >= 0.3 is 6.61 Å². The number of nitrogens with one attached hydrogen (secondary N) is 2. The number of carbonyl (C=O) groups excluding carboxylic acids is 1. The number of hydrogen-bond acceptors (Lipinski definition) is 7. The topological polar surface area (TPSA) is 106 Å². The Balaban J connectivity index is 1.73. The lowest BCUT2D eigenvalue weighted by Crippen LogP contribution is -2.21. The number of hydrazone groups is 1. The van der Waals surface area contributed by atoms with Crippen molar-refractivity contribution in [3.8, 4) is 11.5 Å². The van der Waals surface area contributed by atoms with Crippen LogP contribution in [0.3, 0.4) is 0 Å². The number of alkyl halides is 2. The molecule has 2 N–H and O–H groups in total. The average Bonchev–Trinajstić information content (AvgIpc) is 3.30. The van der Waals surface area contributed by atoms with E-state index in [4.69, 9.17) is 4.74 Å². The summed E-state index contributed by atoms with van der Waals surface area (Å²) >= 11 is 1.05. The largest absolute Gasteiger partial charge is 0.493 e. The number of halogens is 2. The Morgan fingerprint density at radius 3 is 2.59 bits per heavy atom. The molecule has 0 aliphatic carbocycles. The van der Waals surface area contributed by atoms with Gasteiger partial charge in [-0.3, -0.25) is 9.52 Å². The van der Waals surface area contributed by atoms with Crippen LogP contribution in [0.2, 0.25) is 0 Å². The zero-order valence-corrected chi connectivity index (χ0v) is 18.1. The highest BCUT2D eigenvalue weighted by atomic mass is 32.2. The summed E-state index contributed by atoms with van der Waals surface area (Å²) in [6.45, 7) is -3.00. The van der Waals surface area contributed by atoms with Crippen LogP contribution in [0, 0.1) is 0 Å². The number of rotatable bonds is 9. The van der Waals surface area contributed by atoms with E-state index < -0.39 is 22.5 Å². The number of methoxy groups -OCH3 is 1. The first-order valence-corrected chi connectivity index (χ1v) is 11.3. The molecule has 8 nitrogen and oxygen atoms in total. The van der Waals surface area contributed by atoms with Gasteiger partial charge in [-0.05, 0) is 47.3 Å². The van der Waals surface area contributed by atoms with Crippen molar-refractivity contribution in [3.63, 3.8) is 0 Å². The maximum absolute atomic E-state index is 12.5. The van der Waals surface area contributed by atoms with Crippen LogP contribution in [0.15, 0.2) is 69.3 Å². The number of thiophene rings is 1. The third-order valence-electron chi connectivity index (χ3n) is 3.96. The standard InChI is InChI=1S/C20H17F2N3O5S2/c1-29-17-11-13(8-9-16(17)30-20(21)22)12-23-24-19(26)14-5-2-3-6-15(14)25-32(27,28)18-7-4-10-31-18/h2-12,20,25H,1H3,(H,24,26)/b23-12+. The molecule has 168 valence electrons. The molecule has 0 saturated carbocycles. The molecule has 0 aliphatic rings. The van der Waals surface area contributed by atoms with Gasteiger partial charge in [-0.25, -0.2) is 13.8 Å². The molecule has 0 aliphatic heterocycles. The van der Waals surface area contributed by atoms with Crippen molar-refractivity contribution in [2.75, 3.05) is 11.8 Å². The number of ether oxygens (including phenoxy) is 2. The van der Waals surface area contributed by atoms with E-state index in [1.807, 2.05) is 0 Å². The highest BCUT2D eigenvalue weighted by molar-refractivity contribution is 7.94. The van der Waals surface area contributed by atoms with Crippen LogP contribution in [-0.4, -0.2) is 34.3 Å². The Morgan fingerprint density at radius 2 is 1.91 bits per heavy atom. The molecule has 0 fully saturated rings. The zero-order chi connectivity index (χ0) is 23.1. The number of hydrogen-bond donors (Lipinski definition) is 2. The SMILES string of the molecule is COc1cc(/C=N/NC(=O)c2ccccc2NS(=O)(=O)c2cccs2)ccc1OC(F)F. The molecular weight excluding hydrogens is 464 g/mol. The molecule has 0 unspecified atom stereocenters. The van der Waals surface area contributed by atoms with Gasteiger partial charge in [0.2, 0.25) is 0 Å². The normalized spacial score (nSPS) is 11.5. The van der Waals surface area contributed by atoms with Gasteiger partial charge in [-0.2, -0.15) is 13.9 Å². The summed E-state index contributed by atoms with van der Waals surface area (Å²) in [4.78, 5) is 12.5. The molecule has 12 heteroatoms. The Bertz CT molecular complexity index is 1220. The van der Waals surface area contributed by atoms with E-state index >= 15 is 0 Å². The molecule has 3 rings (SSSR count). The van der Waals surface area contributed by atoms with Gasteiger partial charge in [0.1, 0.15) is 4.21 Å². The minimum atomic E-state index is -3.84. The Kier molecular flexibility index (Phi) is 7.38. The Labute approximate surface area is 186 Å². The quantitative estimate of drug-likeness (QED) is 0.356. The molecule has 0 spiro atoms. The average molecular weight is 482 g/mol. The molecule has 0 bridgehead atoms. The van der Waals surface area contributed by atoms with Crippen molar-refractivity contribution in [2.24, 2.45) is 5.10 Å². The van der Waals surface area contributed by atoms with E-state index in [2.05, 4.69) is 20.0 Å². The smallest absolute Gasteiger partial charge is 0.387 e. The van der Waals surface area contributed by atoms with Gasteiger partial charge in [0.05, 0.1) is 24.6 Å². The number of benzene rings is 2. The molecule has 32 heavy (non-hydrogen) atoms. The second-order valence-electron chi connectivity index (χ2n) is 6.07. The molecule has 1 aromatic heterocycles. The third kappa shape index (κ3) is 5.80. The predicted molar refractivity (Wildman–Crippen MR) is 116 cm³/mol. The number of nitrogens with zero attached hydrogens (tertiary/aromatic N) is 1. The maximum Gasteiger partial charge on any atom is 0.387 e. The monoisotopic (exact) mass is 481 g/mol. The minimum Gasteiger partial charge on any atom is -0.493 e. The van der Waals surface area contributed by atoms with Gasteiger partial charge in [0, 0.05) is 0 Å².